The molecule has 0 saturated carbocycles. The van der Waals surface area contributed by atoms with Crippen molar-refractivity contribution in [3.8, 4) is 0 Å². The first-order chi connectivity index (χ1) is 21.2. The molecule has 0 bridgehead atoms. The van der Waals surface area contributed by atoms with E-state index in [0.717, 1.165) is 0 Å². The van der Waals surface area contributed by atoms with Gasteiger partial charge >= 0.3 is 5.97 Å². The van der Waals surface area contributed by atoms with Gasteiger partial charge in [-0.25, -0.2) is 0 Å². The van der Waals surface area contributed by atoms with Crippen molar-refractivity contribution in [2.45, 2.75) is 130 Å². The lowest BCUT2D eigenvalue weighted by molar-refractivity contribution is -0.140. The highest BCUT2D eigenvalue weighted by Crippen LogP contribution is 2.15. The van der Waals surface area contributed by atoms with Crippen molar-refractivity contribution in [1.82, 2.24) is 26.6 Å². The van der Waals surface area contributed by atoms with Gasteiger partial charge in [-0.3, -0.25) is 28.8 Å². The van der Waals surface area contributed by atoms with Gasteiger partial charge in [0.1, 0.15) is 18.1 Å². The molecule has 0 aromatic heterocycles. The van der Waals surface area contributed by atoms with E-state index in [9.17, 15) is 44.1 Å². The topological polar surface area (TPSA) is 243 Å². The van der Waals surface area contributed by atoms with E-state index in [4.69, 9.17) is 5.11 Å². The molecule has 0 saturated heterocycles. The van der Waals surface area contributed by atoms with E-state index in [0.29, 0.717) is 6.42 Å². The fourth-order valence-corrected chi connectivity index (χ4v) is 4.77. The molecule has 8 atom stereocenters. The minimum Gasteiger partial charge on any atom is -0.481 e. The molecule has 0 heterocycles. The number of hydrogen-bond acceptors (Lipinski definition) is 9. The molecule has 266 valence electrons. The second kappa shape index (κ2) is 20.7. The van der Waals surface area contributed by atoms with Crippen LogP contribution in [0.4, 0.5) is 0 Å². The van der Waals surface area contributed by atoms with Gasteiger partial charge in [-0.05, 0) is 43.4 Å². The maximum atomic E-state index is 13.4. The number of hydrogen-bond donors (Lipinski definition) is 9. The summed E-state index contributed by atoms with van der Waals surface area (Å²) in [7, 11) is 0. The van der Waals surface area contributed by atoms with Crippen molar-refractivity contribution in [2.24, 2.45) is 23.7 Å². The maximum Gasteiger partial charge on any atom is 0.306 e. The molecule has 0 fully saturated rings. The van der Waals surface area contributed by atoms with Gasteiger partial charge in [-0.2, -0.15) is 0 Å². The third kappa shape index (κ3) is 16.3. The van der Waals surface area contributed by atoms with Crippen LogP contribution in [-0.2, 0) is 28.8 Å². The maximum absolute atomic E-state index is 13.4. The van der Waals surface area contributed by atoms with E-state index < -0.39 is 90.8 Å². The van der Waals surface area contributed by atoms with Crippen LogP contribution >= 0.6 is 0 Å². The highest BCUT2D eigenvalue weighted by Gasteiger charge is 2.33. The zero-order valence-electron chi connectivity index (χ0n) is 28.6. The van der Waals surface area contributed by atoms with Crippen molar-refractivity contribution < 1.29 is 49.2 Å². The second-order valence-electron chi connectivity index (χ2n) is 13.3. The highest BCUT2D eigenvalue weighted by atomic mass is 16.4. The molecule has 15 nitrogen and oxygen atoms in total. The number of carbonyl (C=O) groups is 6. The van der Waals surface area contributed by atoms with Crippen LogP contribution in [0.3, 0.4) is 0 Å². The van der Waals surface area contributed by atoms with E-state index in [1.807, 2.05) is 13.8 Å². The van der Waals surface area contributed by atoms with Crippen LogP contribution in [0.15, 0.2) is 0 Å². The Bertz CT molecular complexity index is 1020. The number of carbonyl (C=O) groups excluding carboxylic acids is 5. The Kier molecular flexibility index (Phi) is 19.3. The fourth-order valence-electron chi connectivity index (χ4n) is 4.77. The van der Waals surface area contributed by atoms with Crippen LogP contribution in [0, 0.1) is 23.7 Å². The van der Waals surface area contributed by atoms with E-state index >= 15 is 0 Å². The molecule has 0 rings (SSSR count). The number of amides is 5. The van der Waals surface area contributed by atoms with Gasteiger partial charge in [0, 0.05) is 13.5 Å². The predicted molar refractivity (Wildman–Crippen MR) is 170 cm³/mol. The van der Waals surface area contributed by atoms with Gasteiger partial charge in [0.15, 0.2) is 0 Å². The smallest absolute Gasteiger partial charge is 0.306 e. The normalized spacial score (nSPS) is 16.8. The van der Waals surface area contributed by atoms with E-state index in [2.05, 4.69) is 26.6 Å². The summed E-state index contributed by atoms with van der Waals surface area (Å²) in [6.45, 7) is 14.8. The van der Waals surface area contributed by atoms with Gasteiger partial charge < -0.3 is 47.0 Å². The Balaban J connectivity index is 5.57. The number of aliphatic carboxylic acids is 1. The van der Waals surface area contributed by atoms with Crippen LogP contribution in [-0.4, -0.2) is 105 Å². The number of aliphatic hydroxyl groups is 3. The Morgan fingerprint density at radius 1 is 0.609 bits per heavy atom. The Labute approximate surface area is 272 Å². The van der Waals surface area contributed by atoms with Crippen molar-refractivity contribution >= 4 is 35.5 Å². The van der Waals surface area contributed by atoms with Crippen LogP contribution in [0.2, 0.25) is 0 Å². The molecular weight excluding hydrogens is 602 g/mol. The zero-order chi connectivity index (χ0) is 35.9. The summed E-state index contributed by atoms with van der Waals surface area (Å²) < 4.78 is 0. The third-order valence-corrected chi connectivity index (χ3v) is 7.38. The summed E-state index contributed by atoms with van der Waals surface area (Å²) in [5.41, 5.74) is 0. The summed E-state index contributed by atoms with van der Waals surface area (Å²) in [5.74, 6) is -5.12. The number of aliphatic hydroxyl groups excluding tert-OH is 3. The molecule has 15 heteroatoms. The largest absolute Gasteiger partial charge is 0.481 e. The summed E-state index contributed by atoms with van der Waals surface area (Å²) in [5, 5.41) is 52.7. The number of nitrogens with one attached hydrogen (secondary N) is 5. The number of carboxylic acids is 1. The lowest BCUT2D eigenvalue weighted by Crippen LogP contribution is -2.59. The quantitative estimate of drug-likeness (QED) is 0.0758. The second-order valence-corrected chi connectivity index (χ2v) is 13.3. The van der Waals surface area contributed by atoms with Gasteiger partial charge in [-0.15, -0.1) is 0 Å². The molecule has 46 heavy (non-hydrogen) atoms. The molecular formula is C31H57N5O10. The monoisotopic (exact) mass is 659 g/mol. The van der Waals surface area contributed by atoms with Crippen molar-refractivity contribution in [2.75, 3.05) is 6.61 Å². The lowest BCUT2D eigenvalue weighted by Gasteiger charge is -2.31. The van der Waals surface area contributed by atoms with Gasteiger partial charge in [0.25, 0.3) is 0 Å². The average Bonchev–Trinajstić information content (AvgIpc) is 2.92. The molecule has 0 spiro atoms. The highest BCUT2D eigenvalue weighted by molar-refractivity contribution is 5.92. The molecule has 0 aliphatic heterocycles. The summed E-state index contributed by atoms with van der Waals surface area (Å²) in [6.07, 6.45) is -3.51. The first-order valence-electron chi connectivity index (χ1n) is 15.9. The van der Waals surface area contributed by atoms with Crippen LogP contribution in [0.5, 0.6) is 0 Å². The van der Waals surface area contributed by atoms with E-state index in [1.165, 1.54) is 13.8 Å². The molecule has 9 N–H and O–H groups in total. The van der Waals surface area contributed by atoms with Crippen molar-refractivity contribution in [3.05, 3.63) is 0 Å². The molecule has 0 unspecified atom stereocenters. The van der Waals surface area contributed by atoms with Crippen LogP contribution < -0.4 is 26.6 Å². The SMILES string of the molecule is CC(=O)N[C@@H](C(=O)N[C@@H](C(=O)N[C@H](CC(C)C)[C@@H](O)CC(=O)N[C@@H](C)C(=O)N[C@@H](C[C@@H](C)CO)[C@H](O)CC(=O)O)C(C)C)C(C)C. The van der Waals surface area contributed by atoms with E-state index in [1.54, 1.807) is 34.6 Å². The number of carboxylic acid groups (broad SMARTS) is 1. The van der Waals surface area contributed by atoms with E-state index in [-0.39, 0.29) is 36.7 Å². The molecule has 0 aliphatic carbocycles. The fraction of sp³-hybridized carbons (Fsp3) is 0.806. The molecule has 0 aromatic carbocycles. The van der Waals surface area contributed by atoms with Gasteiger partial charge in [0.05, 0.1) is 37.1 Å². The third-order valence-electron chi connectivity index (χ3n) is 7.38. The first kappa shape index (κ1) is 42.7. The van der Waals surface area contributed by atoms with Crippen LogP contribution in [0.1, 0.15) is 88.0 Å². The zero-order valence-corrected chi connectivity index (χ0v) is 28.6. The minimum absolute atomic E-state index is 0.000340. The Hall–Kier alpha value is -3.30. The molecule has 0 aliphatic rings. The first-order valence-corrected chi connectivity index (χ1v) is 15.9. The van der Waals surface area contributed by atoms with Gasteiger partial charge in [0.2, 0.25) is 29.5 Å². The lowest BCUT2D eigenvalue weighted by atomic mass is 9.95. The Morgan fingerprint density at radius 2 is 1.07 bits per heavy atom. The van der Waals surface area contributed by atoms with Crippen LogP contribution in [0.25, 0.3) is 0 Å². The average molecular weight is 660 g/mol. The molecule has 5 amide bonds. The minimum atomic E-state index is -1.43. The Morgan fingerprint density at radius 3 is 1.52 bits per heavy atom. The summed E-state index contributed by atoms with van der Waals surface area (Å²) in [4.78, 5) is 74.6. The molecule has 0 aromatic rings. The summed E-state index contributed by atoms with van der Waals surface area (Å²) >= 11 is 0. The predicted octanol–water partition coefficient (Wildman–Crippen LogP) is -0.587. The number of rotatable bonds is 21. The van der Waals surface area contributed by atoms with Crippen molar-refractivity contribution in [3.63, 3.8) is 0 Å². The molecule has 0 radical (unpaired) electrons. The summed E-state index contributed by atoms with van der Waals surface area (Å²) in [6, 6.07) is -4.86. The van der Waals surface area contributed by atoms with Crippen molar-refractivity contribution in [1.29, 1.82) is 0 Å². The van der Waals surface area contributed by atoms with Gasteiger partial charge in [-0.1, -0.05) is 48.5 Å². The standard InChI is InChI=1S/C31H57N5O10/c1-15(2)10-21(35-30(45)28(17(5)6)36-31(46)27(16(3)4)33-20(9)38)23(39)12-25(41)32-19(8)29(44)34-22(11-18(7)14-37)24(40)13-26(42)43/h15-19,21-24,27-28,37,39-40H,10-14H2,1-9H3,(H,32,41)(H,33,38)(H,34,44)(H,35,45)(H,36,46)(H,42,43)/t18-,19+,21-,22+,23+,24-,27-,28-/m1/s1.